The molecule has 2 aromatic carbocycles. The summed E-state index contributed by atoms with van der Waals surface area (Å²) >= 11 is 5.85. The number of aromatic nitrogens is 2. The highest BCUT2D eigenvalue weighted by molar-refractivity contribution is 6.30. The predicted molar refractivity (Wildman–Crippen MR) is 129 cm³/mol. The van der Waals surface area contributed by atoms with Crippen molar-refractivity contribution in [3.05, 3.63) is 47.5 Å². The summed E-state index contributed by atoms with van der Waals surface area (Å²) in [6, 6.07) is 8.66. The molecule has 3 aromatic rings. The molecule has 0 aliphatic carbocycles. The normalized spacial score (nSPS) is 15.2. The number of nitrogens with one attached hydrogen (secondary N) is 1. The van der Waals surface area contributed by atoms with E-state index in [1.165, 1.54) is 25.2 Å². The van der Waals surface area contributed by atoms with Crippen LogP contribution in [0.1, 0.15) is 12.8 Å². The highest BCUT2D eigenvalue weighted by atomic mass is 35.5. The molecule has 0 saturated carbocycles. The van der Waals surface area contributed by atoms with Crippen molar-refractivity contribution in [2.75, 3.05) is 52.8 Å². The number of nitrogens with zero attached hydrogens (tertiary/aromatic N) is 4. The summed E-state index contributed by atoms with van der Waals surface area (Å²) in [4.78, 5) is 13.4. The number of hydrogen-bond donors (Lipinski definition) is 1. The highest BCUT2D eigenvalue weighted by Crippen LogP contribution is 2.35. The van der Waals surface area contributed by atoms with Crippen LogP contribution in [0.4, 0.5) is 15.9 Å². The number of anilines is 2. The number of halogens is 2. The quantitative estimate of drug-likeness (QED) is 0.513. The first-order chi connectivity index (χ1) is 15.9. The summed E-state index contributed by atoms with van der Waals surface area (Å²) in [5.41, 5.74) is 0.942. The van der Waals surface area contributed by atoms with Gasteiger partial charge in [0.25, 0.3) is 0 Å². The Labute approximate surface area is 198 Å². The van der Waals surface area contributed by atoms with Gasteiger partial charge in [0.15, 0.2) is 11.5 Å². The van der Waals surface area contributed by atoms with Crippen LogP contribution in [0.2, 0.25) is 5.02 Å². The van der Waals surface area contributed by atoms with Gasteiger partial charge in [0.05, 0.1) is 18.3 Å². The van der Waals surface area contributed by atoms with Gasteiger partial charge in [-0.05, 0) is 64.3 Å². The SMILES string of the molecule is COc1cc2c(Nc3ccc(Cl)cc3F)ncnc2cc1OCCN(C)C1CCN(C)CC1. The third kappa shape index (κ3) is 5.63. The molecule has 7 nitrogen and oxygen atoms in total. The standard InChI is InChI=1S/C24H29ClFN5O2/c1-30-8-6-17(7-9-30)31(2)10-11-33-23-14-21-18(13-22(23)32-3)24(28-15-27-21)29-20-5-4-16(25)12-19(20)26/h4-5,12-15,17H,6-11H2,1-3H3,(H,27,28,29). The van der Waals surface area contributed by atoms with Crippen molar-refractivity contribution in [3.63, 3.8) is 0 Å². The Balaban J connectivity index is 1.48. The summed E-state index contributed by atoms with van der Waals surface area (Å²) in [6.45, 7) is 3.62. The van der Waals surface area contributed by atoms with Gasteiger partial charge in [0, 0.05) is 29.1 Å². The fourth-order valence-electron chi connectivity index (χ4n) is 4.07. The van der Waals surface area contributed by atoms with E-state index in [2.05, 4.69) is 39.2 Å². The van der Waals surface area contributed by atoms with E-state index in [4.69, 9.17) is 21.1 Å². The van der Waals surface area contributed by atoms with Crippen LogP contribution in [0.3, 0.4) is 0 Å². The van der Waals surface area contributed by atoms with Crippen LogP contribution in [0.25, 0.3) is 10.9 Å². The summed E-state index contributed by atoms with van der Waals surface area (Å²) in [6.07, 6.45) is 3.78. The number of likely N-dealkylation sites (N-methyl/N-ethyl adjacent to an activating group) is 1. The molecule has 1 aliphatic heterocycles. The van der Waals surface area contributed by atoms with Gasteiger partial charge < -0.3 is 19.7 Å². The molecule has 0 spiro atoms. The Morgan fingerprint density at radius 1 is 1.18 bits per heavy atom. The number of likely N-dealkylation sites (tertiary alicyclic amines) is 1. The molecule has 2 heterocycles. The predicted octanol–water partition coefficient (Wildman–Crippen LogP) is 4.58. The van der Waals surface area contributed by atoms with Crippen molar-refractivity contribution < 1.29 is 13.9 Å². The van der Waals surface area contributed by atoms with Crippen LogP contribution in [-0.2, 0) is 0 Å². The van der Waals surface area contributed by atoms with E-state index in [1.807, 2.05) is 12.1 Å². The Hall–Kier alpha value is -2.68. The van der Waals surface area contributed by atoms with Gasteiger partial charge in [-0.15, -0.1) is 0 Å². The molecule has 0 bridgehead atoms. The fraction of sp³-hybridized carbons (Fsp3) is 0.417. The van der Waals surface area contributed by atoms with Crippen LogP contribution in [0, 0.1) is 5.82 Å². The van der Waals surface area contributed by atoms with Crippen molar-refractivity contribution in [2.45, 2.75) is 18.9 Å². The summed E-state index contributed by atoms with van der Waals surface area (Å²) in [5, 5.41) is 4.04. The number of hydrogen-bond acceptors (Lipinski definition) is 7. The van der Waals surface area contributed by atoms with E-state index in [0.29, 0.717) is 45.9 Å². The minimum absolute atomic E-state index is 0.274. The molecule has 1 aliphatic rings. The minimum atomic E-state index is -0.463. The van der Waals surface area contributed by atoms with Crippen LogP contribution in [-0.4, -0.2) is 73.3 Å². The van der Waals surface area contributed by atoms with Crippen LogP contribution in [0.5, 0.6) is 11.5 Å². The fourth-order valence-corrected chi connectivity index (χ4v) is 4.23. The van der Waals surface area contributed by atoms with Gasteiger partial charge in [-0.2, -0.15) is 0 Å². The van der Waals surface area contributed by atoms with Crippen LogP contribution >= 0.6 is 11.6 Å². The number of methoxy groups -OCH3 is 1. The molecular formula is C24H29ClFN5O2. The van der Waals surface area contributed by atoms with Crippen molar-refractivity contribution in [3.8, 4) is 11.5 Å². The second kappa shape index (κ2) is 10.5. The molecule has 1 aromatic heterocycles. The largest absolute Gasteiger partial charge is 0.493 e. The van der Waals surface area contributed by atoms with Gasteiger partial charge in [0.2, 0.25) is 0 Å². The Bertz CT molecular complexity index is 1110. The van der Waals surface area contributed by atoms with E-state index >= 15 is 0 Å². The molecule has 0 atom stereocenters. The highest BCUT2D eigenvalue weighted by Gasteiger charge is 2.20. The Morgan fingerprint density at radius 2 is 1.97 bits per heavy atom. The molecule has 0 radical (unpaired) electrons. The maximum absolute atomic E-state index is 14.3. The first kappa shape index (κ1) is 23.5. The van der Waals surface area contributed by atoms with E-state index in [-0.39, 0.29) is 5.69 Å². The summed E-state index contributed by atoms with van der Waals surface area (Å²) in [5.74, 6) is 1.19. The molecular weight excluding hydrogens is 445 g/mol. The maximum Gasteiger partial charge on any atom is 0.163 e. The van der Waals surface area contributed by atoms with Gasteiger partial charge in [-0.3, -0.25) is 4.90 Å². The molecule has 4 rings (SSSR count). The smallest absolute Gasteiger partial charge is 0.163 e. The molecule has 9 heteroatoms. The molecule has 33 heavy (non-hydrogen) atoms. The van der Waals surface area contributed by atoms with E-state index < -0.39 is 5.82 Å². The zero-order valence-corrected chi connectivity index (χ0v) is 19.9. The lowest BCUT2D eigenvalue weighted by Gasteiger charge is -2.35. The van der Waals surface area contributed by atoms with E-state index in [9.17, 15) is 4.39 Å². The van der Waals surface area contributed by atoms with E-state index in [1.54, 1.807) is 19.2 Å². The van der Waals surface area contributed by atoms with Crippen molar-refractivity contribution in [1.29, 1.82) is 0 Å². The second-order valence-corrected chi connectivity index (χ2v) is 8.79. The molecule has 1 fully saturated rings. The summed E-state index contributed by atoms with van der Waals surface area (Å²) in [7, 11) is 5.91. The first-order valence-corrected chi connectivity index (χ1v) is 11.4. The topological polar surface area (TPSA) is 62.8 Å². The molecule has 0 amide bonds. The van der Waals surface area contributed by atoms with Gasteiger partial charge in [0.1, 0.15) is 24.6 Å². The van der Waals surface area contributed by atoms with Crippen molar-refractivity contribution in [1.82, 2.24) is 19.8 Å². The van der Waals surface area contributed by atoms with E-state index in [0.717, 1.165) is 19.6 Å². The lowest BCUT2D eigenvalue weighted by molar-refractivity contribution is 0.127. The number of rotatable bonds is 8. The molecule has 176 valence electrons. The number of ether oxygens (including phenoxy) is 2. The average Bonchev–Trinajstić information content (AvgIpc) is 2.81. The summed E-state index contributed by atoms with van der Waals surface area (Å²) < 4.78 is 25.9. The van der Waals surface area contributed by atoms with Crippen LogP contribution < -0.4 is 14.8 Å². The van der Waals surface area contributed by atoms with Crippen molar-refractivity contribution in [2.24, 2.45) is 0 Å². The first-order valence-electron chi connectivity index (χ1n) is 11.0. The van der Waals surface area contributed by atoms with Gasteiger partial charge in [-0.25, -0.2) is 14.4 Å². The Morgan fingerprint density at radius 3 is 2.70 bits per heavy atom. The molecule has 1 saturated heterocycles. The minimum Gasteiger partial charge on any atom is -0.493 e. The lowest BCUT2D eigenvalue weighted by atomic mass is 10.0. The monoisotopic (exact) mass is 473 g/mol. The average molecular weight is 474 g/mol. The number of benzene rings is 2. The van der Waals surface area contributed by atoms with Crippen molar-refractivity contribution >= 4 is 34.0 Å². The number of fused-ring (bicyclic) bond motifs is 1. The molecule has 0 unspecified atom stereocenters. The van der Waals surface area contributed by atoms with Gasteiger partial charge >= 0.3 is 0 Å². The third-order valence-corrected chi connectivity index (χ3v) is 6.35. The second-order valence-electron chi connectivity index (χ2n) is 8.36. The van der Waals surface area contributed by atoms with Crippen LogP contribution in [0.15, 0.2) is 36.7 Å². The van der Waals surface area contributed by atoms with Gasteiger partial charge in [-0.1, -0.05) is 11.6 Å². The maximum atomic E-state index is 14.3. The zero-order chi connectivity index (χ0) is 23.4. The lowest BCUT2D eigenvalue weighted by Crippen LogP contribution is -2.43. The number of piperidine rings is 1. The Kier molecular flexibility index (Phi) is 7.47. The zero-order valence-electron chi connectivity index (χ0n) is 19.1. The molecule has 1 N–H and O–H groups in total. The third-order valence-electron chi connectivity index (χ3n) is 6.12.